The Morgan fingerprint density at radius 1 is 1.32 bits per heavy atom. The van der Waals surface area contributed by atoms with E-state index in [0.717, 1.165) is 36.7 Å². The van der Waals surface area contributed by atoms with Crippen LogP contribution in [0.4, 0.5) is 5.82 Å². The first-order valence-corrected chi connectivity index (χ1v) is 7.12. The third-order valence-corrected chi connectivity index (χ3v) is 3.35. The topological polar surface area (TPSA) is 47.0 Å². The number of nitrogens with zero attached hydrogens (tertiary/aromatic N) is 2. The molecule has 0 radical (unpaired) electrons. The van der Waals surface area contributed by atoms with Crippen molar-refractivity contribution in [3.05, 3.63) is 17.6 Å². The average molecular weight is 265 g/mol. The third kappa shape index (κ3) is 4.16. The van der Waals surface area contributed by atoms with Crippen LogP contribution in [0.2, 0.25) is 0 Å². The van der Waals surface area contributed by atoms with Crippen LogP contribution < -0.4 is 5.32 Å². The van der Waals surface area contributed by atoms with E-state index in [1.807, 2.05) is 13.0 Å². The van der Waals surface area contributed by atoms with Crippen LogP contribution in [0.25, 0.3) is 0 Å². The van der Waals surface area contributed by atoms with Gasteiger partial charge in [0.2, 0.25) is 0 Å². The fraction of sp³-hybridized carbons (Fsp3) is 0.733. The maximum atomic E-state index is 5.61. The van der Waals surface area contributed by atoms with Crippen molar-refractivity contribution < 1.29 is 4.74 Å². The first kappa shape index (κ1) is 15.9. The largest absolute Gasteiger partial charge is 0.371 e. The molecule has 0 amide bonds. The summed E-state index contributed by atoms with van der Waals surface area (Å²) in [5.41, 5.74) is 0.657. The Kier molecular flexibility index (Phi) is 5.73. The SMILES string of the molecule is CCNc1cc(CC(C)C)nc(C(C)(CC)OC)n1. The standard InChI is InChI=1S/C15H27N3O/c1-7-15(5,19-6)14-17-12(9-11(3)4)10-13(18-14)16-8-2/h10-11H,7-9H2,1-6H3,(H,16,17,18). The van der Waals surface area contributed by atoms with Gasteiger partial charge < -0.3 is 10.1 Å². The molecule has 0 fully saturated rings. The van der Waals surface area contributed by atoms with Crippen LogP contribution in [0.5, 0.6) is 0 Å². The highest BCUT2D eigenvalue weighted by Gasteiger charge is 2.28. The lowest BCUT2D eigenvalue weighted by atomic mass is 10.0. The first-order chi connectivity index (χ1) is 8.95. The van der Waals surface area contributed by atoms with E-state index in [1.165, 1.54) is 0 Å². The van der Waals surface area contributed by atoms with Gasteiger partial charge in [-0.25, -0.2) is 9.97 Å². The van der Waals surface area contributed by atoms with Crippen molar-refractivity contribution in [3.63, 3.8) is 0 Å². The molecule has 19 heavy (non-hydrogen) atoms. The summed E-state index contributed by atoms with van der Waals surface area (Å²) in [4.78, 5) is 9.29. The Morgan fingerprint density at radius 2 is 2.00 bits per heavy atom. The van der Waals surface area contributed by atoms with E-state index in [2.05, 4.69) is 38.0 Å². The molecule has 0 saturated carbocycles. The zero-order valence-corrected chi connectivity index (χ0v) is 13.1. The van der Waals surface area contributed by atoms with Gasteiger partial charge >= 0.3 is 0 Å². The molecule has 1 aromatic heterocycles. The smallest absolute Gasteiger partial charge is 0.162 e. The summed E-state index contributed by atoms with van der Waals surface area (Å²) in [5.74, 6) is 2.24. The van der Waals surface area contributed by atoms with Gasteiger partial charge in [0.25, 0.3) is 0 Å². The third-order valence-electron chi connectivity index (χ3n) is 3.35. The Balaban J connectivity index is 3.18. The molecule has 1 rings (SSSR count). The van der Waals surface area contributed by atoms with Gasteiger partial charge in [-0.2, -0.15) is 0 Å². The van der Waals surface area contributed by atoms with E-state index in [-0.39, 0.29) is 0 Å². The van der Waals surface area contributed by atoms with E-state index in [9.17, 15) is 0 Å². The monoisotopic (exact) mass is 265 g/mol. The Hall–Kier alpha value is -1.16. The lowest BCUT2D eigenvalue weighted by Gasteiger charge is -2.26. The van der Waals surface area contributed by atoms with Crippen LogP contribution in [0.1, 0.15) is 52.6 Å². The summed E-state index contributed by atoms with van der Waals surface area (Å²) in [6, 6.07) is 2.04. The molecule has 4 heteroatoms. The van der Waals surface area contributed by atoms with Crippen LogP contribution in [-0.4, -0.2) is 23.6 Å². The highest BCUT2D eigenvalue weighted by atomic mass is 16.5. The molecule has 1 heterocycles. The summed E-state index contributed by atoms with van der Waals surface area (Å²) in [6.07, 6.45) is 1.80. The number of nitrogens with one attached hydrogen (secondary N) is 1. The maximum absolute atomic E-state index is 5.61. The highest BCUT2D eigenvalue weighted by molar-refractivity contribution is 5.36. The van der Waals surface area contributed by atoms with Gasteiger partial charge in [-0.05, 0) is 32.6 Å². The molecule has 1 aromatic rings. The molecule has 0 aliphatic carbocycles. The molecule has 0 aliphatic heterocycles. The van der Waals surface area contributed by atoms with E-state index >= 15 is 0 Å². The summed E-state index contributed by atoms with van der Waals surface area (Å²) < 4.78 is 5.61. The minimum Gasteiger partial charge on any atom is -0.371 e. The maximum Gasteiger partial charge on any atom is 0.162 e. The highest BCUT2D eigenvalue weighted by Crippen LogP contribution is 2.26. The predicted molar refractivity (Wildman–Crippen MR) is 79.4 cm³/mol. The number of hydrogen-bond donors (Lipinski definition) is 1. The van der Waals surface area contributed by atoms with Crippen molar-refractivity contribution in [2.45, 2.75) is 53.1 Å². The fourth-order valence-corrected chi connectivity index (χ4v) is 1.92. The summed E-state index contributed by atoms with van der Waals surface area (Å²) in [5, 5.41) is 3.28. The number of rotatable bonds is 7. The van der Waals surface area contributed by atoms with E-state index in [1.54, 1.807) is 7.11 Å². The van der Waals surface area contributed by atoms with Crippen LogP contribution in [-0.2, 0) is 16.8 Å². The fourth-order valence-electron chi connectivity index (χ4n) is 1.92. The minimum atomic E-state index is -0.419. The molecule has 1 N–H and O–H groups in total. The average Bonchev–Trinajstić information content (AvgIpc) is 2.37. The van der Waals surface area contributed by atoms with Gasteiger partial charge in [0.15, 0.2) is 5.82 Å². The molecule has 0 aliphatic rings. The Bertz CT molecular complexity index is 400. The molecule has 0 spiro atoms. The lowest BCUT2D eigenvalue weighted by molar-refractivity contribution is -0.00906. The number of anilines is 1. The van der Waals surface area contributed by atoms with Crippen molar-refractivity contribution in [2.24, 2.45) is 5.92 Å². The second kappa shape index (κ2) is 6.85. The van der Waals surface area contributed by atoms with Crippen LogP contribution in [0, 0.1) is 5.92 Å². The van der Waals surface area contributed by atoms with Crippen molar-refractivity contribution in [1.82, 2.24) is 9.97 Å². The van der Waals surface area contributed by atoms with Gasteiger partial charge in [-0.15, -0.1) is 0 Å². The predicted octanol–water partition coefficient (Wildman–Crippen LogP) is 3.38. The van der Waals surface area contributed by atoms with Crippen LogP contribution in [0.3, 0.4) is 0 Å². The molecule has 1 unspecified atom stereocenters. The van der Waals surface area contributed by atoms with Crippen molar-refractivity contribution in [3.8, 4) is 0 Å². The van der Waals surface area contributed by atoms with Crippen LogP contribution in [0.15, 0.2) is 6.07 Å². The molecular weight excluding hydrogens is 238 g/mol. The zero-order valence-electron chi connectivity index (χ0n) is 13.1. The van der Waals surface area contributed by atoms with E-state index in [4.69, 9.17) is 9.72 Å². The minimum absolute atomic E-state index is 0.419. The van der Waals surface area contributed by atoms with Crippen molar-refractivity contribution >= 4 is 5.82 Å². The molecular formula is C15H27N3O. The van der Waals surface area contributed by atoms with Crippen molar-refractivity contribution in [1.29, 1.82) is 0 Å². The second-order valence-electron chi connectivity index (χ2n) is 5.48. The first-order valence-electron chi connectivity index (χ1n) is 7.12. The Labute approximate surface area is 117 Å². The van der Waals surface area contributed by atoms with Gasteiger partial charge in [0.1, 0.15) is 11.4 Å². The lowest BCUT2D eigenvalue weighted by Crippen LogP contribution is -2.27. The van der Waals surface area contributed by atoms with Gasteiger partial charge in [0.05, 0.1) is 0 Å². The van der Waals surface area contributed by atoms with E-state index < -0.39 is 5.60 Å². The number of ether oxygens (including phenoxy) is 1. The summed E-state index contributed by atoms with van der Waals surface area (Å²) >= 11 is 0. The summed E-state index contributed by atoms with van der Waals surface area (Å²) in [6.45, 7) is 11.5. The van der Waals surface area contributed by atoms with Gasteiger partial charge in [0, 0.05) is 25.4 Å². The molecule has 1 atom stereocenters. The quantitative estimate of drug-likeness (QED) is 0.821. The summed E-state index contributed by atoms with van der Waals surface area (Å²) in [7, 11) is 1.72. The number of hydrogen-bond acceptors (Lipinski definition) is 4. The van der Waals surface area contributed by atoms with E-state index in [0.29, 0.717) is 5.92 Å². The molecule has 108 valence electrons. The number of methoxy groups -OCH3 is 1. The van der Waals surface area contributed by atoms with Gasteiger partial charge in [-0.3, -0.25) is 0 Å². The zero-order chi connectivity index (χ0) is 14.5. The second-order valence-corrected chi connectivity index (χ2v) is 5.48. The van der Waals surface area contributed by atoms with Crippen molar-refractivity contribution in [2.75, 3.05) is 19.0 Å². The molecule has 4 nitrogen and oxygen atoms in total. The molecule has 0 saturated heterocycles. The Morgan fingerprint density at radius 3 is 2.47 bits per heavy atom. The van der Waals surface area contributed by atoms with Gasteiger partial charge in [-0.1, -0.05) is 20.8 Å². The molecule has 0 bridgehead atoms. The molecule has 0 aromatic carbocycles. The normalized spacial score (nSPS) is 14.5. The number of aromatic nitrogens is 2. The van der Waals surface area contributed by atoms with Crippen LogP contribution >= 0.6 is 0 Å².